The largest absolute Gasteiger partial charge is 0.0533 e. The molecule has 0 amide bonds. The van der Waals surface area contributed by atoms with Gasteiger partial charge in [-0.15, -0.1) is 0 Å². The topological polar surface area (TPSA) is 0 Å². The lowest BCUT2D eigenvalue weighted by atomic mass is 10.2. The van der Waals surface area contributed by atoms with E-state index in [0.29, 0.717) is 0 Å². The van der Waals surface area contributed by atoms with Crippen LogP contribution < -0.4 is 0 Å². The first-order valence-corrected chi connectivity index (χ1v) is 2.41. The smallest absolute Gasteiger partial charge is 0.0267 e. The van der Waals surface area contributed by atoms with Gasteiger partial charge in [0.15, 0.2) is 0 Å². The van der Waals surface area contributed by atoms with E-state index in [4.69, 9.17) is 1.37 Å². The highest BCUT2D eigenvalue weighted by atomic mass is 13.8. The maximum Gasteiger partial charge on any atom is 0.0267 e. The standard InChI is InChI=1S/C6H12/c1-3-5-6-4-2/h1-6H2/i1D. The zero-order valence-electron chi connectivity index (χ0n) is 5.11. The molecule has 0 atom stereocenters. The van der Waals surface area contributed by atoms with Gasteiger partial charge in [0.2, 0.25) is 0 Å². The lowest BCUT2D eigenvalue weighted by Gasteiger charge is -1.85. The van der Waals surface area contributed by atoms with Gasteiger partial charge >= 0.3 is 0 Å². The van der Waals surface area contributed by atoms with E-state index in [1.54, 1.807) is 0 Å². The van der Waals surface area contributed by atoms with Crippen molar-refractivity contribution >= 4 is 0 Å². The minimum atomic E-state index is 0.926. The van der Waals surface area contributed by atoms with Gasteiger partial charge in [-0.2, -0.15) is 0 Å². The predicted octanol–water partition coefficient (Wildman–Crippen LogP) is 2.21. The number of unbranched alkanes of at least 4 members (excludes halogenated alkanes) is 3. The van der Waals surface area contributed by atoms with Crippen molar-refractivity contribution in [2.75, 3.05) is 0 Å². The van der Waals surface area contributed by atoms with Crippen molar-refractivity contribution in [3.05, 3.63) is 13.8 Å². The molecule has 0 nitrogen and oxygen atoms in total. The summed E-state index contributed by atoms with van der Waals surface area (Å²) < 4.78 is 6.64. The summed E-state index contributed by atoms with van der Waals surface area (Å²) in [4.78, 5) is 0. The fraction of sp³-hybridized carbons (Fsp3) is 0.667. The van der Waals surface area contributed by atoms with Gasteiger partial charge in [-0.25, -0.2) is 0 Å². The number of hydrogen-bond donors (Lipinski definition) is 0. The molecule has 36 valence electrons. The first kappa shape index (κ1) is 4.17. The maximum atomic E-state index is 6.64. The zero-order chi connectivity index (χ0) is 5.54. The minimum Gasteiger partial charge on any atom is -0.0533 e. The zero-order valence-corrected chi connectivity index (χ0v) is 4.11. The van der Waals surface area contributed by atoms with E-state index in [0.717, 1.165) is 25.7 Å². The SMILES string of the molecule is [2H][CH]CCCC[CH2]. The van der Waals surface area contributed by atoms with Gasteiger partial charge in [0.1, 0.15) is 0 Å². The van der Waals surface area contributed by atoms with E-state index in [1.807, 2.05) is 0 Å². The molecule has 0 aromatic carbocycles. The van der Waals surface area contributed by atoms with Crippen molar-refractivity contribution < 1.29 is 1.37 Å². The van der Waals surface area contributed by atoms with Crippen molar-refractivity contribution in [1.82, 2.24) is 0 Å². The second-order valence-corrected chi connectivity index (χ2v) is 1.35. The molecule has 0 unspecified atom stereocenters. The van der Waals surface area contributed by atoms with Crippen LogP contribution in [0.25, 0.3) is 0 Å². The summed E-state index contributed by atoms with van der Waals surface area (Å²) in [6, 6.07) is 0. The van der Waals surface area contributed by atoms with E-state index >= 15 is 0 Å². The second kappa shape index (κ2) is 5.00. The highest BCUT2D eigenvalue weighted by Crippen LogP contribution is 1.94. The lowest BCUT2D eigenvalue weighted by molar-refractivity contribution is 0.759. The Bertz CT molecular complexity index is 23.4. The van der Waals surface area contributed by atoms with Crippen LogP contribution in [0, 0.1) is 13.8 Å². The molecule has 0 aliphatic rings. The van der Waals surface area contributed by atoms with Gasteiger partial charge in [-0.3, -0.25) is 0 Å². The molecule has 0 aromatic rings. The quantitative estimate of drug-likeness (QED) is 0.459. The summed E-state index contributed by atoms with van der Waals surface area (Å²) in [5, 5.41) is 0. The molecule has 0 saturated heterocycles. The monoisotopic (exact) mass is 85.1 g/mol. The van der Waals surface area contributed by atoms with Crippen LogP contribution in [0.2, 0.25) is 0 Å². The Hall–Kier alpha value is 0. The molecule has 0 heteroatoms. The molecule has 0 bridgehead atoms. The van der Waals surface area contributed by atoms with Crippen molar-refractivity contribution in [3.63, 3.8) is 0 Å². The Kier molecular flexibility index (Phi) is 3.47. The molecule has 6 heavy (non-hydrogen) atoms. The van der Waals surface area contributed by atoms with Gasteiger partial charge in [-0.1, -0.05) is 39.5 Å². The fourth-order valence-corrected chi connectivity index (χ4v) is 0.321. The summed E-state index contributed by atoms with van der Waals surface area (Å²) in [5.74, 6) is 0. The molecular formula is C6H12. The number of hydrogen-bond acceptors (Lipinski definition) is 0. The van der Waals surface area contributed by atoms with E-state index in [1.165, 1.54) is 6.90 Å². The Morgan fingerprint density at radius 1 is 1.33 bits per heavy atom. The summed E-state index contributed by atoms with van der Waals surface area (Å²) in [5.41, 5.74) is 0. The molecule has 0 rings (SSSR count). The van der Waals surface area contributed by atoms with Crippen LogP contribution in [-0.2, 0) is 0 Å². The molecule has 0 N–H and O–H groups in total. The average Bonchev–Trinajstić information content (AvgIpc) is 1.69. The highest BCUT2D eigenvalue weighted by Gasteiger charge is 1.75. The molecular weight excluding hydrogens is 72.1 g/mol. The van der Waals surface area contributed by atoms with Gasteiger partial charge in [-0.05, 0) is 0 Å². The molecule has 0 spiro atoms. The molecule has 0 aliphatic carbocycles. The minimum absolute atomic E-state index is 0.926. The average molecular weight is 85.2 g/mol. The van der Waals surface area contributed by atoms with Crippen LogP contribution in [0.5, 0.6) is 0 Å². The third-order valence-electron chi connectivity index (χ3n) is 0.704. The van der Waals surface area contributed by atoms with Gasteiger partial charge in [0.05, 0.1) is 0 Å². The van der Waals surface area contributed by atoms with Crippen molar-refractivity contribution in [2.24, 2.45) is 0 Å². The third-order valence-corrected chi connectivity index (χ3v) is 0.704. The van der Waals surface area contributed by atoms with Gasteiger partial charge < -0.3 is 0 Å². The van der Waals surface area contributed by atoms with Crippen LogP contribution in [0.4, 0.5) is 0 Å². The van der Waals surface area contributed by atoms with E-state index in [2.05, 4.69) is 6.92 Å². The normalized spacial score (nSPS) is 11.2. The molecule has 0 fully saturated rings. The Morgan fingerprint density at radius 3 is 2.50 bits per heavy atom. The third kappa shape index (κ3) is 4.00. The summed E-state index contributed by atoms with van der Waals surface area (Å²) in [6.07, 6.45) is 4.23. The predicted molar refractivity (Wildman–Crippen MR) is 29.2 cm³/mol. The highest BCUT2D eigenvalue weighted by molar-refractivity contribution is 4.43. The van der Waals surface area contributed by atoms with Crippen molar-refractivity contribution in [3.8, 4) is 0 Å². The van der Waals surface area contributed by atoms with E-state index in [9.17, 15) is 0 Å². The van der Waals surface area contributed by atoms with E-state index in [-0.39, 0.29) is 0 Å². The maximum absolute atomic E-state index is 6.64. The first-order valence-electron chi connectivity index (χ1n) is 2.99. The van der Waals surface area contributed by atoms with Crippen LogP contribution in [0.1, 0.15) is 27.1 Å². The van der Waals surface area contributed by atoms with Crippen LogP contribution >= 0.6 is 0 Å². The van der Waals surface area contributed by atoms with Crippen LogP contribution in [-0.4, -0.2) is 0 Å². The Morgan fingerprint density at radius 2 is 2.00 bits per heavy atom. The van der Waals surface area contributed by atoms with Crippen molar-refractivity contribution in [1.29, 1.82) is 0 Å². The number of rotatable bonds is 4. The summed E-state index contributed by atoms with van der Waals surface area (Å²) in [6.45, 7) is 5.14. The Balaban J connectivity index is 2.45. The molecule has 0 aliphatic heterocycles. The van der Waals surface area contributed by atoms with Gasteiger partial charge in [0, 0.05) is 1.37 Å². The van der Waals surface area contributed by atoms with E-state index < -0.39 is 0 Å². The molecule has 0 aromatic heterocycles. The lowest BCUT2D eigenvalue weighted by Crippen LogP contribution is -1.66. The van der Waals surface area contributed by atoms with Crippen molar-refractivity contribution in [2.45, 2.75) is 25.7 Å². The molecule has 2 radical (unpaired) electrons. The van der Waals surface area contributed by atoms with Crippen LogP contribution in [0.15, 0.2) is 0 Å². The summed E-state index contributed by atoms with van der Waals surface area (Å²) in [7, 11) is 0. The van der Waals surface area contributed by atoms with Gasteiger partial charge in [0.25, 0.3) is 0 Å². The summed E-state index contributed by atoms with van der Waals surface area (Å²) >= 11 is 0. The molecule has 0 heterocycles. The first-order chi connectivity index (χ1) is 3.41. The molecule has 0 saturated carbocycles. The fourth-order valence-electron chi connectivity index (χ4n) is 0.321. The Labute approximate surface area is 42.0 Å². The second-order valence-electron chi connectivity index (χ2n) is 1.35. The van der Waals surface area contributed by atoms with Crippen LogP contribution in [0.3, 0.4) is 0 Å².